The van der Waals surface area contributed by atoms with E-state index in [1.165, 1.54) is 22.3 Å². The topological polar surface area (TPSA) is 7.12 Å². The van der Waals surface area contributed by atoms with Crippen LogP contribution < -0.4 is 4.57 Å². The van der Waals surface area contributed by atoms with Crippen LogP contribution in [0.15, 0.2) is 66.5 Å². The third-order valence-electron chi connectivity index (χ3n) is 3.54. The van der Waals surface area contributed by atoms with Crippen molar-refractivity contribution in [3.05, 3.63) is 72.2 Å². The average Bonchev–Trinajstić information content (AvgIpc) is 2.45. The molecule has 1 aromatic heterocycles. The minimum Gasteiger partial charge on any atom is -0.292 e. The summed E-state index contributed by atoms with van der Waals surface area (Å²) in [6.07, 6.45) is 10.7. The number of benzene rings is 1. The van der Waals surface area contributed by atoms with Crippen molar-refractivity contribution in [1.82, 2.24) is 4.90 Å². The van der Waals surface area contributed by atoms with E-state index in [9.17, 15) is 0 Å². The van der Waals surface area contributed by atoms with E-state index in [1.54, 1.807) is 0 Å². The number of hydrogen-bond donors (Lipinski definition) is 0. The molecule has 0 atom stereocenters. The Hall–Kier alpha value is -2.35. The number of fused-ring (bicyclic) bond motifs is 4. The monoisotopic (exact) mass is 233 g/mol. The second kappa shape index (κ2) is 3.57. The number of para-hydroxylation sites is 1. The van der Waals surface area contributed by atoms with Gasteiger partial charge in [0.2, 0.25) is 17.9 Å². The summed E-state index contributed by atoms with van der Waals surface area (Å²) >= 11 is 0. The Bertz CT molecular complexity index is 723. The quantitative estimate of drug-likeness (QED) is 0.635. The molecule has 0 bridgehead atoms. The molecular weight excluding hydrogens is 220 g/mol. The Morgan fingerprint density at radius 3 is 2.94 bits per heavy atom. The molecule has 18 heavy (non-hydrogen) atoms. The molecule has 0 aliphatic carbocycles. The van der Waals surface area contributed by atoms with E-state index in [1.807, 2.05) is 0 Å². The van der Waals surface area contributed by atoms with E-state index in [-0.39, 0.29) is 0 Å². The number of nitrogens with zero attached hydrogens (tertiary/aromatic N) is 2. The fraction of sp³-hybridized carbons (Fsp3) is 0.0625. The Balaban J connectivity index is 1.99. The van der Waals surface area contributed by atoms with Crippen molar-refractivity contribution in [3.8, 4) is 0 Å². The number of hydrogen-bond acceptors (Lipinski definition) is 1. The molecule has 86 valence electrons. The summed E-state index contributed by atoms with van der Waals surface area (Å²) in [5.74, 6) is 0. The van der Waals surface area contributed by atoms with Gasteiger partial charge < -0.3 is 0 Å². The predicted molar refractivity (Wildman–Crippen MR) is 72.2 cm³/mol. The van der Waals surface area contributed by atoms with E-state index in [0.29, 0.717) is 0 Å². The first kappa shape index (κ1) is 9.66. The van der Waals surface area contributed by atoms with Gasteiger partial charge in [0.25, 0.3) is 0 Å². The summed E-state index contributed by atoms with van der Waals surface area (Å²) in [7, 11) is 0. The van der Waals surface area contributed by atoms with Gasteiger partial charge in [-0.25, -0.2) is 0 Å². The van der Waals surface area contributed by atoms with Crippen LogP contribution in [-0.4, -0.2) is 4.90 Å². The van der Waals surface area contributed by atoms with E-state index in [4.69, 9.17) is 0 Å². The minimum atomic E-state index is 0.878. The molecule has 0 spiro atoms. The van der Waals surface area contributed by atoms with Gasteiger partial charge in [0.1, 0.15) is 0 Å². The minimum absolute atomic E-state index is 0.878. The average molecular weight is 233 g/mol. The van der Waals surface area contributed by atoms with Gasteiger partial charge in [-0.2, -0.15) is 4.57 Å². The van der Waals surface area contributed by atoms with Crippen molar-refractivity contribution in [2.45, 2.75) is 6.67 Å². The van der Waals surface area contributed by atoms with Crippen LogP contribution in [0.3, 0.4) is 0 Å². The number of pyridine rings is 1. The molecule has 3 heterocycles. The van der Waals surface area contributed by atoms with Gasteiger partial charge >= 0.3 is 0 Å². The fourth-order valence-corrected chi connectivity index (χ4v) is 2.62. The van der Waals surface area contributed by atoms with Crippen LogP contribution >= 0.6 is 0 Å². The van der Waals surface area contributed by atoms with Crippen LogP contribution in [0.5, 0.6) is 0 Å². The maximum atomic E-state index is 2.35. The molecule has 1 aromatic carbocycles. The first-order chi connectivity index (χ1) is 8.92. The first-order valence-electron chi connectivity index (χ1n) is 6.17. The van der Waals surface area contributed by atoms with Crippen LogP contribution in [0.25, 0.3) is 17.0 Å². The molecule has 2 nitrogen and oxygen atoms in total. The zero-order valence-corrected chi connectivity index (χ0v) is 9.95. The molecule has 4 rings (SSSR count). The maximum absolute atomic E-state index is 2.35. The standard InChI is InChI=1S/C16H13N2/c1-2-7-16-13(5-1)8-9-15-11-14-6-3-4-10-17(14)12-18(15)16/h1-11H,12H2/q+1. The van der Waals surface area contributed by atoms with Crippen molar-refractivity contribution in [3.63, 3.8) is 0 Å². The lowest BCUT2D eigenvalue weighted by Gasteiger charge is -2.24. The number of allylic oxidation sites excluding steroid dienone is 3. The van der Waals surface area contributed by atoms with Crippen molar-refractivity contribution in [2.24, 2.45) is 0 Å². The zero-order chi connectivity index (χ0) is 11.9. The molecule has 2 aliphatic heterocycles. The summed E-state index contributed by atoms with van der Waals surface area (Å²) in [5.41, 5.74) is 3.81. The van der Waals surface area contributed by atoms with Crippen molar-refractivity contribution >= 4 is 17.0 Å². The third-order valence-corrected chi connectivity index (χ3v) is 3.54. The van der Waals surface area contributed by atoms with Gasteiger partial charge in [0, 0.05) is 29.8 Å². The van der Waals surface area contributed by atoms with Crippen LogP contribution in [0.1, 0.15) is 5.69 Å². The highest BCUT2D eigenvalue weighted by Crippen LogP contribution is 2.21. The Morgan fingerprint density at radius 1 is 1.00 bits per heavy atom. The summed E-state index contributed by atoms with van der Waals surface area (Å²) in [6.45, 7) is 0.878. The molecule has 0 unspecified atom stereocenters. The number of aromatic nitrogens is 1. The lowest BCUT2D eigenvalue weighted by atomic mass is 10.1. The summed E-state index contributed by atoms with van der Waals surface area (Å²) < 4.78 is 2.35. The summed E-state index contributed by atoms with van der Waals surface area (Å²) in [6, 6.07) is 12.9. The Labute approximate surface area is 106 Å². The van der Waals surface area contributed by atoms with Crippen LogP contribution in [0.4, 0.5) is 0 Å². The fourth-order valence-electron chi connectivity index (χ4n) is 2.62. The first-order valence-corrected chi connectivity index (χ1v) is 6.17. The normalized spacial score (nSPS) is 16.4. The maximum Gasteiger partial charge on any atom is 0.228 e. The lowest BCUT2D eigenvalue weighted by Crippen LogP contribution is -2.47. The van der Waals surface area contributed by atoms with Crippen LogP contribution in [0, 0.1) is 0 Å². The molecule has 2 aliphatic rings. The third kappa shape index (κ3) is 1.32. The highest BCUT2D eigenvalue weighted by atomic mass is 15.3. The molecule has 2 heteroatoms. The molecule has 0 radical (unpaired) electrons. The van der Waals surface area contributed by atoms with Gasteiger partial charge in [0.15, 0.2) is 0 Å². The van der Waals surface area contributed by atoms with Crippen molar-refractivity contribution in [2.75, 3.05) is 0 Å². The van der Waals surface area contributed by atoms with Crippen LogP contribution in [0.2, 0.25) is 0 Å². The second-order valence-corrected chi connectivity index (χ2v) is 4.63. The Morgan fingerprint density at radius 2 is 1.94 bits per heavy atom. The van der Waals surface area contributed by atoms with Gasteiger partial charge in [-0.1, -0.05) is 18.2 Å². The van der Waals surface area contributed by atoms with Gasteiger partial charge in [-0.05, 0) is 24.3 Å². The van der Waals surface area contributed by atoms with Gasteiger partial charge in [-0.3, -0.25) is 4.90 Å². The van der Waals surface area contributed by atoms with Crippen LogP contribution in [-0.2, 0) is 6.67 Å². The molecule has 0 N–H and O–H groups in total. The highest BCUT2D eigenvalue weighted by Gasteiger charge is 2.23. The van der Waals surface area contributed by atoms with E-state index in [2.05, 4.69) is 76.4 Å². The van der Waals surface area contributed by atoms with Crippen molar-refractivity contribution in [1.29, 1.82) is 0 Å². The Kier molecular flexibility index (Phi) is 1.92. The second-order valence-electron chi connectivity index (χ2n) is 4.63. The van der Waals surface area contributed by atoms with Crippen molar-refractivity contribution < 1.29 is 4.57 Å². The molecule has 0 saturated carbocycles. The molecular formula is C16H13N2+. The van der Waals surface area contributed by atoms with E-state index >= 15 is 0 Å². The largest absolute Gasteiger partial charge is 0.292 e. The lowest BCUT2D eigenvalue weighted by molar-refractivity contribution is -0.691. The molecule has 2 aromatic rings. The molecule has 0 amide bonds. The molecule has 0 fully saturated rings. The highest BCUT2D eigenvalue weighted by molar-refractivity contribution is 5.76. The number of rotatable bonds is 0. The van der Waals surface area contributed by atoms with E-state index < -0.39 is 0 Å². The SMILES string of the molecule is C1=CC2=Cc3ccc4ccccc4[n+]3CN2C=C1. The molecule has 0 saturated heterocycles. The summed E-state index contributed by atoms with van der Waals surface area (Å²) in [5, 5.41) is 1.29. The smallest absolute Gasteiger partial charge is 0.228 e. The van der Waals surface area contributed by atoms with Gasteiger partial charge in [0.05, 0.1) is 5.70 Å². The summed E-state index contributed by atoms with van der Waals surface area (Å²) in [4.78, 5) is 2.26. The predicted octanol–water partition coefficient (Wildman–Crippen LogP) is 2.82. The zero-order valence-electron chi connectivity index (χ0n) is 9.95. The van der Waals surface area contributed by atoms with Gasteiger partial charge in [-0.15, -0.1) is 0 Å². The van der Waals surface area contributed by atoms with E-state index in [0.717, 1.165) is 6.67 Å².